The van der Waals surface area contributed by atoms with Crippen molar-refractivity contribution in [3.8, 4) is 11.5 Å². The van der Waals surface area contributed by atoms with E-state index in [0.717, 1.165) is 24.2 Å². The lowest BCUT2D eigenvalue weighted by molar-refractivity contribution is -0.132. The monoisotopic (exact) mass is 459 g/mol. The van der Waals surface area contributed by atoms with Gasteiger partial charge in [0, 0.05) is 11.6 Å². The Morgan fingerprint density at radius 2 is 1.94 bits per heavy atom. The van der Waals surface area contributed by atoms with E-state index in [1.165, 1.54) is 23.0 Å². The molecule has 0 radical (unpaired) electrons. The molecule has 3 heterocycles. The second-order valence-electron chi connectivity index (χ2n) is 7.61. The normalized spacial score (nSPS) is 17.9. The number of benzene rings is 2. The predicted octanol–water partition coefficient (Wildman–Crippen LogP) is 3.84. The molecule has 2 aliphatic heterocycles. The number of carbonyl (C=O) groups is 1. The van der Waals surface area contributed by atoms with Gasteiger partial charge in [0.2, 0.25) is 5.91 Å². The predicted molar refractivity (Wildman–Crippen MR) is 117 cm³/mol. The molecule has 0 unspecified atom stereocenters. The molecule has 0 saturated carbocycles. The van der Waals surface area contributed by atoms with Gasteiger partial charge in [0.25, 0.3) is 5.56 Å². The van der Waals surface area contributed by atoms with Crippen molar-refractivity contribution >= 4 is 40.0 Å². The van der Waals surface area contributed by atoms with E-state index in [-0.39, 0.29) is 29.4 Å². The lowest BCUT2D eigenvalue weighted by atomic mass is 10.0. The summed E-state index contributed by atoms with van der Waals surface area (Å²) in [7, 11) is 0. The minimum absolute atomic E-state index is 0.0728. The highest BCUT2D eigenvalue weighted by Gasteiger charge is 2.31. The maximum atomic E-state index is 13.1. The molecule has 0 spiro atoms. The Bertz CT molecular complexity index is 1240. The second-order valence-corrected chi connectivity index (χ2v) is 8.45. The van der Waals surface area contributed by atoms with E-state index in [0.29, 0.717) is 41.1 Å². The summed E-state index contributed by atoms with van der Waals surface area (Å²) in [6.07, 6.45) is 3.10. The molecule has 9 heteroatoms. The summed E-state index contributed by atoms with van der Waals surface area (Å²) in [5.41, 5.74) is 1.02. The van der Waals surface area contributed by atoms with Crippen LogP contribution in [0.4, 0.5) is 0 Å². The highest BCUT2D eigenvalue weighted by molar-refractivity contribution is 6.38. The molecule has 2 aromatic carbocycles. The van der Waals surface area contributed by atoms with Gasteiger partial charge in [-0.2, -0.15) is 0 Å². The van der Waals surface area contributed by atoms with Gasteiger partial charge in [-0.3, -0.25) is 14.2 Å². The number of hydrogen-bond acceptors (Lipinski definition) is 5. The molecule has 3 aromatic rings. The highest BCUT2D eigenvalue weighted by Crippen LogP contribution is 2.38. The number of halogens is 2. The summed E-state index contributed by atoms with van der Waals surface area (Å²) in [5.74, 6) is 1.28. The van der Waals surface area contributed by atoms with Gasteiger partial charge in [0.15, 0.2) is 11.5 Å². The molecule has 0 N–H and O–H groups in total. The third-order valence-electron chi connectivity index (χ3n) is 5.68. The summed E-state index contributed by atoms with van der Waals surface area (Å²) < 4.78 is 12.6. The fourth-order valence-corrected chi connectivity index (χ4v) is 4.77. The van der Waals surface area contributed by atoms with Crippen LogP contribution in [0.2, 0.25) is 10.0 Å². The number of carbonyl (C=O) groups excluding carboxylic acids is 1. The minimum Gasteiger partial charge on any atom is -0.486 e. The molecule has 1 amide bonds. The summed E-state index contributed by atoms with van der Waals surface area (Å²) in [6, 6.07) is 8.78. The van der Waals surface area contributed by atoms with Crippen molar-refractivity contribution in [2.75, 3.05) is 19.8 Å². The van der Waals surface area contributed by atoms with Crippen molar-refractivity contribution in [1.82, 2.24) is 14.5 Å². The highest BCUT2D eigenvalue weighted by atomic mass is 35.5. The standard InChI is InChI=1S/C22H19Cl2N3O4/c23-14-9-15-21(16(24)10-14)25-12-26(22(15)29)11-20(28)27-5-1-2-17(27)13-3-4-18-19(8-13)31-7-6-30-18/h3-4,8-10,12,17H,1-2,5-7,11H2/t17-/m1/s1. The van der Waals surface area contributed by atoms with E-state index in [2.05, 4.69) is 4.98 Å². The van der Waals surface area contributed by atoms with Gasteiger partial charge in [-0.1, -0.05) is 29.3 Å². The van der Waals surface area contributed by atoms with Crippen LogP contribution in [0.5, 0.6) is 11.5 Å². The van der Waals surface area contributed by atoms with Gasteiger partial charge >= 0.3 is 0 Å². The fourth-order valence-electron chi connectivity index (χ4n) is 4.22. The van der Waals surface area contributed by atoms with Gasteiger partial charge in [-0.25, -0.2) is 4.98 Å². The van der Waals surface area contributed by atoms with Crippen LogP contribution >= 0.6 is 23.2 Å². The van der Waals surface area contributed by atoms with Crippen LogP contribution in [-0.4, -0.2) is 40.1 Å². The van der Waals surface area contributed by atoms with Crippen LogP contribution in [0.1, 0.15) is 24.4 Å². The fraction of sp³-hybridized carbons (Fsp3) is 0.318. The summed E-state index contributed by atoms with van der Waals surface area (Å²) >= 11 is 12.2. The van der Waals surface area contributed by atoms with Crippen molar-refractivity contribution < 1.29 is 14.3 Å². The van der Waals surface area contributed by atoms with E-state index >= 15 is 0 Å². The first-order chi connectivity index (χ1) is 15.0. The topological polar surface area (TPSA) is 73.7 Å². The Morgan fingerprint density at radius 3 is 2.77 bits per heavy atom. The molecule has 7 nitrogen and oxygen atoms in total. The Morgan fingerprint density at radius 1 is 1.13 bits per heavy atom. The summed E-state index contributed by atoms with van der Waals surface area (Å²) in [4.78, 5) is 32.1. The summed E-state index contributed by atoms with van der Waals surface area (Å²) in [5, 5.41) is 0.938. The van der Waals surface area contributed by atoms with Crippen molar-refractivity contribution in [3.63, 3.8) is 0 Å². The van der Waals surface area contributed by atoms with Crippen molar-refractivity contribution in [1.29, 1.82) is 0 Å². The lowest BCUT2D eigenvalue weighted by Crippen LogP contribution is -2.36. The number of amides is 1. The smallest absolute Gasteiger partial charge is 0.261 e. The van der Waals surface area contributed by atoms with Crippen molar-refractivity contribution in [2.24, 2.45) is 0 Å². The number of rotatable bonds is 3. The van der Waals surface area contributed by atoms with Crippen LogP contribution in [0, 0.1) is 0 Å². The molecule has 1 aromatic heterocycles. The average Bonchev–Trinajstić information content (AvgIpc) is 3.26. The first-order valence-electron chi connectivity index (χ1n) is 10.0. The lowest BCUT2D eigenvalue weighted by Gasteiger charge is -2.27. The summed E-state index contributed by atoms with van der Waals surface area (Å²) in [6.45, 7) is 1.57. The molecule has 31 heavy (non-hydrogen) atoms. The van der Waals surface area contributed by atoms with E-state index in [1.807, 2.05) is 23.1 Å². The van der Waals surface area contributed by atoms with Gasteiger partial charge < -0.3 is 14.4 Å². The Balaban J connectivity index is 1.41. The Hall–Kier alpha value is -2.77. The maximum absolute atomic E-state index is 13.1. The van der Waals surface area contributed by atoms with Gasteiger partial charge in [0.1, 0.15) is 19.8 Å². The number of ether oxygens (including phenoxy) is 2. The number of fused-ring (bicyclic) bond motifs is 2. The molecule has 160 valence electrons. The molecule has 1 atom stereocenters. The van der Waals surface area contributed by atoms with Crippen LogP contribution in [0.15, 0.2) is 41.5 Å². The Labute approximate surface area is 188 Å². The largest absolute Gasteiger partial charge is 0.486 e. The molecule has 1 fully saturated rings. The minimum atomic E-state index is -0.349. The van der Waals surface area contributed by atoms with Crippen LogP contribution in [0.3, 0.4) is 0 Å². The van der Waals surface area contributed by atoms with Crippen LogP contribution in [0.25, 0.3) is 10.9 Å². The maximum Gasteiger partial charge on any atom is 0.261 e. The number of likely N-dealkylation sites (tertiary alicyclic amines) is 1. The van der Waals surface area contributed by atoms with E-state index < -0.39 is 0 Å². The van der Waals surface area contributed by atoms with Crippen molar-refractivity contribution in [3.05, 3.63) is 62.6 Å². The first kappa shape index (κ1) is 20.2. The zero-order valence-corrected chi connectivity index (χ0v) is 18.0. The first-order valence-corrected chi connectivity index (χ1v) is 10.8. The van der Waals surface area contributed by atoms with Gasteiger partial charge in [-0.15, -0.1) is 0 Å². The van der Waals surface area contributed by atoms with Crippen LogP contribution < -0.4 is 15.0 Å². The number of aromatic nitrogens is 2. The molecule has 0 aliphatic carbocycles. The average molecular weight is 460 g/mol. The molecule has 0 bridgehead atoms. The zero-order chi connectivity index (χ0) is 21.5. The quantitative estimate of drug-likeness (QED) is 0.594. The third-order valence-corrected chi connectivity index (χ3v) is 6.18. The SMILES string of the molecule is O=C(Cn1cnc2c(Cl)cc(Cl)cc2c1=O)N1CCC[C@@H]1c1ccc2c(c1)OCCO2. The number of hydrogen-bond donors (Lipinski definition) is 0. The third kappa shape index (κ3) is 3.72. The molecular formula is C22H19Cl2N3O4. The molecule has 2 aliphatic rings. The molecular weight excluding hydrogens is 441 g/mol. The van der Waals surface area contributed by atoms with E-state index in [9.17, 15) is 9.59 Å². The molecule has 5 rings (SSSR count). The second kappa shape index (κ2) is 8.05. The van der Waals surface area contributed by atoms with Gasteiger partial charge in [0.05, 0.1) is 28.3 Å². The van der Waals surface area contributed by atoms with E-state index in [4.69, 9.17) is 32.7 Å². The van der Waals surface area contributed by atoms with Gasteiger partial charge in [-0.05, 0) is 42.7 Å². The van der Waals surface area contributed by atoms with Crippen LogP contribution in [-0.2, 0) is 11.3 Å². The van der Waals surface area contributed by atoms with E-state index in [1.54, 1.807) is 0 Å². The number of nitrogens with zero attached hydrogens (tertiary/aromatic N) is 3. The molecule has 1 saturated heterocycles. The zero-order valence-electron chi connectivity index (χ0n) is 16.5. The Kier molecular flexibility index (Phi) is 5.24. The van der Waals surface area contributed by atoms with Crippen molar-refractivity contribution in [2.45, 2.75) is 25.4 Å².